The van der Waals surface area contributed by atoms with Gasteiger partial charge in [-0.3, -0.25) is 9.69 Å². The maximum Gasteiger partial charge on any atom is 0.259 e. The zero-order valence-electron chi connectivity index (χ0n) is 15.1. The molecule has 0 saturated heterocycles. The molecule has 1 atom stereocenters. The first-order valence-electron chi connectivity index (χ1n) is 9.07. The fraction of sp³-hybridized carbons (Fsp3) is 0.579. The fourth-order valence-electron chi connectivity index (χ4n) is 3.41. The van der Waals surface area contributed by atoms with Crippen molar-refractivity contribution in [3.05, 3.63) is 26.6 Å². The number of thiophene rings is 1. The van der Waals surface area contributed by atoms with E-state index in [4.69, 9.17) is 16.1 Å². The molecule has 1 unspecified atom stereocenters. The second kappa shape index (κ2) is 8.78. The Kier molecular flexibility index (Phi) is 6.43. The Morgan fingerprint density at radius 3 is 3.04 bits per heavy atom. The zero-order valence-corrected chi connectivity index (χ0v) is 15.9. The minimum atomic E-state index is -0.632. The van der Waals surface area contributed by atoms with Crippen molar-refractivity contribution in [1.29, 1.82) is 0 Å². The van der Waals surface area contributed by atoms with E-state index in [9.17, 15) is 9.90 Å². The Balaban J connectivity index is 1.73. The lowest BCUT2D eigenvalue weighted by atomic mass is 9.97. The summed E-state index contributed by atoms with van der Waals surface area (Å²) >= 11 is 1.65. The minimum absolute atomic E-state index is 0.0432. The predicted molar refractivity (Wildman–Crippen MR) is 103 cm³/mol. The average molecular weight is 375 g/mol. The molecule has 0 radical (unpaired) electrons. The minimum Gasteiger partial charge on any atom is -0.389 e. The number of nitrogens with zero attached hydrogens (tertiary/aromatic N) is 2. The first kappa shape index (κ1) is 19.1. The summed E-state index contributed by atoms with van der Waals surface area (Å²) in [4.78, 5) is 24.4. The van der Waals surface area contributed by atoms with E-state index >= 15 is 0 Å². The van der Waals surface area contributed by atoms with Crippen LogP contribution < -0.4 is 5.56 Å². The number of aliphatic hydroxyl groups excluding tert-OH is 1. The van der Waals surface area contributed by atoms with Crippen LogP contribution in [0, 0.1) is 12.3 Å². The van der Waals surface area contributed by atoms with Gasteiger partial charge in [0.15, 0.2) is 0 Å². The summed E-state index contributed by atoms with van der Waals surface area (Å²) in [7, 11) is 0. The van der Waals surface area contributed by atoms with Crippen LogP contribution in [0.4, 0.5) is 0 Å². The Morgan fingerprint density at radius 1 is 1.46 bits per heavy atom. The topological polar surface area (TPSA) is 78.5 Å². The highest BCUT2D eigenvalue weighted by Gasteiger charge is 2.20. The Bertz CT molecular complexity index is 852. The van der Waals surface area contributed by atoms with E-state index in [0.717, 1.165) is 36.0 Å². The van der Waals surface area contributed by atoms with E-state index in [2.05, 4.69) is 10.9 Å². The summed E-state index contributed by atoms with van der Waals surface area (Å²) < 4.78 is 5.18. The molecule has 2 N–H and O–H groups in total. The number of hydrogen-bond acceptors (Lipinski definition) is 6. The van der Waals surface area contributed by atoms with E-state index in [1.165, 1.54) is 16.9 Å². The molecular weight excluding hydrogens is 350 g/mol. The van der Waals surface area contributed by atoms with Crippen molar-refractivity contribution in [2.75, 3.05) is 26.3 Å². The highest BCUT2D eigenvalue weighted by molar-refractivity contribution is 7.18. The fourth-order valence-corrected chi connectivity index (χ4v) is 4.69. The van der Waals surface area contributed by atoms with Gasteiger partial charge in [-0.1, -0.05) is 12.8 Å². The maximum absolute atomic E-state index is 12.6. The van der Waals surface area contributed by atoms with Crippen molar-refractivity contribution in [3.63, 3.8) is 0 Å². The van der Waals surface area contributed by atoms with E-state index in [0.29, 0.717) is 18.9 Å². The maximum atomic E-state index is 12.6. The molecular formula is C19H25N3O3S. The number of rotatable bonds is 8. The largest absolute Gasteiger partial charge is 0.389 e. The molecule has 2 aromatic rings. The molecule has 0 aromatic carbocycles. The van der Waals surface area contributed by atoms with Crippen LogP contribution >= 0.6 is 11.3 Å². The summed E-state index contributed by atoms with van der Waals surface area (Å²) in [5, 5.41) is 10.8. The van der Waals surface area contributed by atoms with Gasteiger partial charge in [-0.2, -0.15) is 0 Å². The number of aryl methyl sites for hydroxylation is 2. The number of aromatic amines is 1. The first-order chi connectivity index (χ1) is 12.6. The van der Waals surface area contributed by atoms with Crippen molar-refractivity contribution in [2.45, 2.75) is 45.3 Å². The monoisotopic (exact) mass is 375 g/mol. The molecule has 1 aliphatic rings. The van der Waals surface area contributed by atoms with Gasteiger partial charge in [0.2, 0.25) is 0 Å². The number of aromatic nitrogens is 2. The summed E-state index contributed by atoms with van der Waals surface area (Å²) in [6, 6.07) is 0. The molecule has 0 spiro atoms. The Hall–Kier alpha value is -1.72. The summed E-state index contributed by atoms with van der Waals surface area (Å²) in [5.74, 6) is 3.02. The molecule has 140 valence electrons. The van der Waals surface area contributed by atoms with Gasteiger partial charge in [0.1, 0.15) is 17.3 Å². The molecule has 0 fully saturated rings. The second-order valence-electron chi connectivity index (χ2n) is 6.60. The third kappa shape index (κ3) is 4.33. The lowest BCUT2D eigenvalue weighted by molar-refractivity contribution is 0.0267. The molecule has 3 rings (SSSR count). The van der Waals surface area contributed by atoms with Gasteiger partial charge >= 0.3 is 0 Å². The van der Waals surface area contributed by atoms with Crippen LogP contribution in [0.5, 0.6) is 0 Å². The van der Waals surface area contributed by atoms with E-state index in [1.54, 1.807) is 11.3 Å². The summed E-state index contributed by atoms with van der Waals surface area (Å²) in [5.41, 5.74) is 1.16. The van der Waals surface area contributed by atoms with Crippen LogP contribution in [-0.4, -0.2) is 52.4 Å². The van der Waals surface area contributed by atoms with Crippen LogP contribution in [0.15, 0.2) is 4.79 Å². The molecule has 7 heteroatoms. The van der Waals surface area contributed by atoms with Crippen LogP contribution in [0.2, 0.25) is 0 Å². The van der Waals surface area contributed by atoms with Crippen molar-refractivity contribution in [3.8, 4) is 12.3 Å². The molecule has 0 aliphatic heterocycles. The molecule has 1 aliphatic carbocycles. The number of likely N-dealkylation sites (N-methyl/N-ethyl adjacent to an activating group) is 1. The predicted octanol–water partition coefficient (Wildman–Crippen LogP) is 1.70. The molecule has 2 heterocycles. The number of nitrogens with one attached hydrogen (secondary N) is 1. The normalized spacial score (nSPS) is 15.2. The third-order valence-corrected chi connectivity index (χ3v) is 5.84. The summed E-state index contributed by atoms with van der Waals surface area (Å²) in [6.07, 6.45) is 8.86. The molecule has 6 nitrogen and oxygen atoms in total. The smallest absolute Gasteiger partial charge is 0.259 e. The van der Waals surface area contributed by atoms with Crippen molar-refractivity contribution in [1.82, 2.24) is 14.9 Å². The SMILES string of the molecule is C#CCOCC(O)CN(CC)Cc1nc2sc3c(c2c(=O)[nH]1)CCCC3. The summed E-state index contributed by atoms with van der Waals surface area (Å²) in [6.45, 7) is 4.05. The van der Waals surface area contributed by atoms with E-state index in [1.807, 2.05) is 11.8 Å². The molecule has 0 bridgehead atoms. The number of H-pyrrole nitrogens is 1. The van der Waals surface area contributed by atoms with E-state index in [-0.39, 0.29) is 18.8 Å². The van der Waals surface area contributed by atoms with Crippen LogP contribution in [-0.2, 0) is 24.1 Å². The van der Waals surface area contributed by atoms with Crippen LogP contribution in [0.25, 0.3) is 10.2 Å². The number of ether oxygens (including phenoxy) is 1. The number of fused-ring (bicyclic) bond motifs is 3. The van der Waals surface area contributed by atoms with Crippen molar-refractivity contribution >= 4 is 21.6 Å². The van der Waals surface area contributed by atoms with Gasteiger partial charge in [-0.25, -0.2) is 4.98 Å². The number of terminal acetylenes is 1. The highest BCUT2D eigenvalue weighted by Crippen LogP contribution is 2.33. The van der Waals surface area contributed by atoms with E-state index < -0.39 is 6.10 Å². The van der Waals surface area contributed by atoms with Crippen LogP contribution in [0.3, 0.4) is 0 Å². The first-order valence-corrected chi connectivity index (χ1v) is 9.89. The molecule has 2 aromatic heterocycles. The van der Waals surface area contributed by atoms with Gasteiger partial charge < -0.3 is 14.8 Å². The van der Waals surface area contributed by atoms with Gasteiger partial charge in [0, 0.05) is 11.4 Å². The van der Waals surface area contributed by atoms with Gasteiger partial charge in [0.05, 0.1) is 24.6 Å². The standard InChI is InChI=1S/C19H25N3O3S/c1-3-9-25-12-13(23)10-22(4-2)11-16-20-18(24)17-14-7-5-6-8-15(14)26-19(17)21-16/h1,13,23H,4-12H2,2H3,(H,20,21,24). The quantitative estimate of drug-likeness (QED) is 0.542. The average Bonchev–Trinajstić information content (AvgIpc) is 3.00. The Morgan fingerprint density at radius 2 is 2.27 bits per heavy atom. The number of aliphatic hydroxyl groups is 1. The van der Waals surface area contributed by atoms with Crippen molar-refractivity contribution in [2.24, 2.45) is 0 Å². The van der Waals surface area contributed by atoms with Crippen molar-refractivity contribution < 1.29 is 9.84 Å². The zero-order chi connectivity index (χ0) is 18.5. The lowest BCUT2D eigenvalue weighted by Crippen LogP contribution is -2.35. The highest BCUT2D eigenvalue weighted by atomic mass is 32.1. The molecule has 0 saturated carbocycles. The third-order valence-electron chi connectivity index (χ3n) is 4.66. The molecule has 0 amide bonds. The second-order valence-corrected chi connectivity index (χ2v) is 7.69. The van der Waals surface area contributed by atoms with Crippen LogP contribution in [0.1, 0.15) is 36.0 Å². The Labute approximate surface area is 157 Å². The molecule has 26 heavy (non-hydrogen) atoms. The van der Waals surface area contributed by atoms with Gasteiger partial charge in [-0.15, -0.1) is 17.8 Å². The van der Waals surface area contributed by atoms with Gasteiger partial charge in [0.25, 0.3) is 5.56 Å². The van der Waals surface area contributed by atoms with Gasteiger partial charge in [-0.05, 0) is 37.8 Å². The number of hydrogen-bond donors (Lipinski definition) is 2. The lowest BCUT2D eigenvalue weighted by Gasteiger charge is -2.22.